The molecule has 1 fully saturated rings. The van der Waals surface area contributed by atoms with Gasteiger partial charge in [-0.1, -0.05) is 11.6 Å². The number of pyridine rings is 1. The summed E-state index contributed by atoms with van der Waals surface area (Å²) in [6.45, 7) is 4.28. The summed E-state index contributed by atoms with van der Waals surface area (Å²) >= 11 is 0. The van der Waals surface area contributed by atoms with E-state index in [4.69, 9.17) is 15.3 Å². The molecule has 1 atom stereocenters. The number of esters is 1. The van der Waals surface area contributed by atoms with Gasteiger partial charge in [0.2, 0.25) is 0 Å². The minimum absolute atomic E-state index is 0.178. The van der Waals surface area contributed by atoms with E-state index in [0.717, 1.165) is 13.1 Å². The second-order valence-corrected chi connectivity index (χ2v) is 5.61. The maximum atomic E-state index is 11.2. The third-order valence-corrected chi connectivity index (χ3v) is 3.62. The average molecular weight is 320 g/mol. The molecule has 7 heteroatoms. The van der Waals surface area contributed by atoms with Gasteiger partial charge in [0.1, 0.15) is 0 Å². The Morgan fingerprint density at radius 3 is 2.87 bits per heavy atom. The molecule has 126 valence electrons. The maximum absolute atomic E-state index is 11.2. The molecule has 0 bridgehead atoms. The van der Waals surface area contributed by atoms with Crippen molar-refractivity contribution in [3.63, 3.8) is 0 Å². The lowest BCUT2D eigenvalue weighted by Crippen LogP contribution is -2.40. The number of nitrogens with two attached hydrogens (primary N) is 1. The molecule has 1 saturated heterocycles. The lowest BCUT2D eigenvalue weighted by atomic mass is 10.1. The molecule has 2 N–H and O–H groups in total. The normalized spacial score (nSPS) is 17.5. The number of hydrogen-bond donors (Lipinski definition) is 1. The van der Waals surface area contributed by atoms with Crippen LogP contribution in [0.15, 0.2) is 29.7 Å². The number of hydrogen-bond acceptors (Lipinski definition) is 6. The average Bonchev–Trinajstić information content (AvgIpc) is 2.56. The van der Waals surface area contributed by atoms with Crippen LogP contribution in [0.25, 0.3) is 0 Å². The highest BCUT2D eigenvalue weighted by Crippen LogP contribution is 2.10. The zero-order valence-corrected chi connectivity index (χ0v) is 13.5. The molecule has 0 aromatic carbocycles. The smallest absolute Gasteiger partial charge is 0.303 e. The van der Waals surface area contributed by atoms with Crippen LogP contribution in [-0.2, 0) is 14.4 Å². The first-order chi connectivity index (χ1) is 11.1. The topological polar surface area (TPSA) is 90.0 Å². The molecule has 23 heavy (non-hydrogen) atoms. The van der Waals surface area contributed by atoms with E-state index in [0.29, 0.717) is 12.1 Å². The van der Waals surface area contributed by atoms with Crippen molar-refractivity contribution in [1.82, 2.24) is 9.88 Å². The van der Waals surface area contributed by atoms with E-state index in [9.17, 15) is 4.79 Å². The minimum atomic E-state index is -0.351. The molecule has 0 saturated carbocycles. The number of piperidine rings is 1. The maximum Gasteiger partial charge on any atom is 0.303 e. The minimum Gasteiger partial charge on any atom is -0.457 e. The van der Waals surface area contributed by atoms with Crippen LogP contribution >= 0.6 is 0 Å². The summed E-state index contributed by atoms with van der Waals surface area (Å²) in [6.07, 6.45) is 6.54. The fourth-order valence-electron chi connectivity index (χ4n) is 2.55. The molecule has 1 aromatic rings. The van der Waals surface area contributed by atoms with E-state index in [-0.39, 0.29) is 24.5 Å². The summed E-state index contributed by atoms with van der Waals surface area (Å²) in [6, 6.07) is 3.57. The van der Waals surface area contributed by atoms with Crippen LogP contribution in [0.4, 0.5) is 0 Å². The largest absolute Gasteiger partial charge is 0.457 e. The van der Waals surface area contributed by atoms with Crippen molar-refractivity contribution in [2.45, 2.75) is 32.3 Å². The van der Waals surface area contributed by atoms with Gasteiger partial charge < -0.3 is 15.3 Å². The van der Waals surface area contributed by atoms with Gasteiger partial charge in [0.25, 0.3) is 0 Å². The van der Waals surface area contributed by atoms with E-state index >= 15 is 0 Å². The van der Waals surface area contributed by atoms with Crippen LogP contribution in [-0.4, -0.2) is 54.0 Å². The lowest BCUT2D eigenvalue weighted by Gasteiger charge is -2.29. The highest BCUT2D eigenvalue weighted by molar-refractivity contribution is 5.96. The second kappa shape index (κ2) is 9.09. The first-order valence-electron chi connectivity index (χ1n) is 7.90. The SMILES string of the molecule is CC(=O)OC(CON=C(N)c1cccnc1)CN1CCCCC1. The number of carbonyl (C=O) groups is 1. The van der Waals surface area contributed by atoms with Gasteiger partial charge in [-0.2, -0.15) is 0 Å². The Bertz CT molecular complexity index is 515. The van der Waals surface area contributed by atoms with Gasteiger partial charge in [-0.15, -0.1) is 0 Å². The van der Waals surface area contributed by atoms with Gasteiger partial charge in [-0.3, -0.25) is 14.7 Å². The molecule has 1 unspecified atom stereocenters. The number of carbonyl (C=O) groups excluding carboxylic acids is 1. The summed E-state index contributed by atoms with van der Waals surface area (Å²) < 4.78 is 5.31. The van der Waals surface area contributed by atoms with Crippen molar-refractivity contribution < 1.29 is 14.4 Å². The Kier molecular flexibility index (Phi) is 6.80. The lowest BCUT2D eigenvalue weighted by molar-refractivity contribution is -0.150. The molecule has 0 aliphatic carbocycles. The molecule has 7 nitrogen and oxygen atoms in total. The van der Waals surface area contributed by atoms with Crippen molar-refractivity contribution in [1.29, 1.82) is 0 Å². The van der Waals surface area contributed by atoms with Crippen molar-refractivity contribution in [3.8, 4) is 0 Å². The van der Waals surface area contributed by atoms with Crippen LogP contribution in [0.2, 0.25) is 0 Å². The highest BCUT2D eigenvalue weighted by Gasteiger charge is 2.19. The molecule has 1 aromatic heterocycles. The highest BCUT2D eigenvalue weighted by atomic mass is 16.6. The van der Waals surface area contributed by atoms with Crippen molar-refractivity contribution >= 4 is 11.8 Å². The van der Waals surface area contributed by atoms with E-state index in [1.165, 1.54) is 26.2 Å². The van der Waals surface area contributed by atoms with E-state index < -0.39 is 0 Å². The van der Waals surface area contributed by atoms with E-state index in [1.807, 2.05) is 0 Å². The molecule has 0 radical (unpaired) electrons. The molecular weight excluding hydrogens is 296 g/mol. The summed E-state index contributed by atoms with van der Waals surface area (Å²) in [5.41, 5.74) is 6.52. The Morgan fingerprint density at radius 1 is 1.43 bits per heavy atom. The van der Waals surface area contributed by atoms with Crippen LogP contribution in [0.1, 0.15) is 31.7 Å². The standard InChI is InChI=1S/C16H24N4O3/c1-13(21)23-15(11-20-8-3-2-4-9-20)12-22-19-16(17)14-6-5-7-18-10-14/h5-7,10,15H,2-4,8-9,11-12H2,1H3,(H2,17,19). The summed E-state index contributed by atoms with van der Waals surface area (Å²) in [7, 11) is 0. The Labute approximate surface area is 136 Å². The third-order valence-electron chi connectivity index (χ3n) is 3.62. The quantitative estimate of drug-likeness (QED) is 0.351. The van der Waals surface area contributed by atoms with Gasteiger partial charge in [0.15, 0.2) is 18.5 Å². The van der Waals surface area contributed by atoms with Gasteiger partial charge in [0.05, 0.1) is 0 Å². The van der Waals surface area contributed by atoms with Gasteiger partial charge in [0, 0.05) is 31.4 Å². The fourth-order valence-corrected chi connectivity index (χ4v) is 2.55. The molecule has 1 aliphatic heterocycles. The van der Waals surface area contributed by atoms with E-state index in [2.05, 4.69) is 15.0 Å². The first-order valence-corrected chi connectivity index (χ1v) is 7.90. The van der Waals surface area contributed by atoms with Crippen LogP contribution < -0.4 is 5.73 Å². The zero-order valence-electron chi connectivity index (χ0n) is 13.5. The van der Waals surface area contributed by atoms with Crippen LogP contribution in [0.5, 0.6) is 0 Å². The summed E-state index contributed by atoms with van der Waals surface area (Å²) in [5.74, 6) is -0.0718. The van der Waals surface area contributed by atoms with Crippen molar-refractivity contribution in [2.75, 3.05) is 26.2 Å². The van der Waals surface area contributed by atoms with Gasteiger partial charge in [-0.25, -0.2) is 0 Å². The number of likely N-dealkylation sites (tertiary alicyclic amines) is 1. The molecule has 1 aliphatic rings. The number of amidine groups is 1. The van der Waals surface area contributed by atoms with Gasteiger partial charge in [-0.05, 0) is 38.1 Å². The summed E-state index contributed by atoms with van der Waals surface area (Å²) in [5, 5.41) is 3.88. The Balaban J connectivity index is 1.85. The second-order valence-electron chi connectivity index (χ2n) is 5.61. The molecule has 0 amide bonds. The zero-order chi connectivity index (χ0) is 16.5. The van der Waals surface area contributed by atoms with Crippen molar-refractivity contribution in [2.24, 2.45) is 10.9 Å². The summed E-state index contributed by atoms with van der Waals surface area (Å²) in [4.78, 5) is 22.8. The number of ether oxygens (including phenoxy) is 1. The predicted octanol–water partition coefficient (Wildman–Crippen LogP) is 1.14. The van der Waals surface area contributed by atoms with Crippen LogP contribution in [0.3, 0.4) is 0 Å². The number of aromatic nitrogens is 1. The van der Waals surface area contributed by atoms with E-state index in [1.54, 1.807) is 24.5 Å². The van der Waals surface area contributed by atoms with Crippen molar-refractivity contribution in [3.05, 3.63) is 30.1 Å². The van der Waals surface area contributed by atoms with Gasteiger partial charge >= 0.3 is 5.97 Å². The third kappa shape index (κ3) is 6.23. The number of rotatable bonds is 7. The molecular formula is C16H24N4O3. The Morgan fingerprint density at radius 2 is 2.22 bits per heavy atom. The fraction of sp³-hybridized carbons (Fsp3) is 0.562. The molecule has 2 rings (SSSR count). The van der Waals surface area contributed by atoms with Crippen LogP contribution in [0, 0.1) is 0 Å². The monoisotopic (exact) mass is 320 g/mol. The molecule has 0 spiro atoms. The first kappa shape index (κ1) is 17.2. The molecule has 2 heterocycles. The Hall–Kier alpha value is -2.15. The predicted molar refractivity (Wildman–Crippen MR) is 86.8 cm³/mol. The number of nitrogens with zero attached hydrogens (tertiary/aromatic N) is 3. The number of oxime groups is 1.